The van der Waals surface area contributed by atoms with Crippen LogP contribution in [0.2, 0.25) is 0 Å². The minimum atomic E-state index is 0.288. The third kappa shape index (κ3) is 6.79. The molecule has 0 bridgehead atoms. The van der Waals surface area contributed by atoms with Crippen LogP contribution in [0.5, 0.6) is 0 Å². The fourth-order valence-electron chi connectivity index (χ4n) is 0.737. The summed E-state index contributed by atoms with van der Waals surface area (Å²) in [6.45, 7) is 2.06. The second-order valence-electron chi connectivity index (χ2n) is 2.51. The molecule has 0 heterocycles. The Morgan fingerprint density at radius 2 is 2.31 bits per heavy atom. The molecule has 0 aliphatic rings. The fraction of sp³-hybridized carbons (Fsp3) is 0.750. The number of aliphatic imine (C=N–C) groups is 1. The summed E-state index contributed by atoms with van der Waals surface area (Å²) < 4.78 is 0. The average Bonchev–Trinajstić information content (AvgIpc) is 2.14. The van der Waals surface area contributed by atoms with Crippen LogP contribution >= 0.6 is 23.5 Å². The zero-order chi connectivity index (χ0) is 10.1. The maximum Gasteiger partial charge on any atom is 0.183 e. The first-order chi connectivity index (χ1) is 6.24. The Bertz CT molecular complexity index is 198. The van der Waals surface area contributed by atoms with Gasteiger partial charge in [-0.05, 0) is 31.6 Å². The van der Waals surface area contributed by atoms with E-state index in [9.17, 15) is 0 Å². The molecule has 1 atom stereocenters. The van der Waals surface area contributed by atoms with E-state index in [1.807, 2.05) is 24.2 Å². The Labute approximate surface area is 88.4 Å². The summed E-state index contributed by atoms with van der Waals surface area (Å²) in [4.78, 5) is 4.35. The lowest BCUT2D eigenvalue weighted by atomic mass is 10.3. The largest absolute Gasteiger partial charge is 0.272 e. The predicted octanol–water partition coefficient (Wildman–Crippen LogP) is 1.92. The molecule has 1 unspecified atom stereocenters. The molecule has 0 aromatic heterocycles. The lowest BCUT2D eigenvalue weighted by Crippen LogP contribution is -2.16. The van der Waals surface area contributed by atoms with E-state index in [2.05, 4.69) is 23.5 Å². The van der Waals surface area contributed by atoms with E-state index >= 15 is 0 Å². The predicted molar refractivity (Wildman–Crippen MR) is 62.2 cm³/mol. The molecule has 0 radical (unpaired) electrons. The van der Waals surface area contributed by atoms with Crippen LogP contribution in [0.3, 0.4) is 0 Å². The lowest BCUT2D eigenvalue weighted by Gasteiger charge is -2.06. The molecule has 0 saturated heterocycles. The smallest absolute Gasteiger partial charge is 0.183 e. The number of nitrogens with zero attached hydrogens (tertiary/aromatic N) is 2. The molecule has 0 amide bonds. The summed E-state index contributed by atoms with van der Waals surface area (Å²) in [6, 6.07) is 0.288. The highest BCUT2D eigenvalue weighted by atomic mass is 32.2. The molecule has 0 aliphatic heterocycles. The van der Waals surface area contributed by atoms with Gasteiger partial charge in [0.2, 0.25) is 0 Å². The van der Waals surface area contributed by atoms with Crippen molar-refractivity contribution in [3.63, 3.8) is 0 Å². The van der Waals surface area contributed by atoms with Crippen LogP contribution in [0.4, 0.5) is 0 Å². The Morgan fingerprint density at radius 1 is 1.62 bits per heavy atom. The van der Waals surface area contributed by atoms with Gasteiger partial charge in [0.25, 0.3) is 0 Å². The van der Waals surface area contributed by atoms with E-state index in [1.54, 1.807) is 0 Å². The maximum absolute atomic E-state index is 8.40. The first-order valence-electron chi connectivity index (χ1n) is 4.00. The van der Waals surface area contributed by atoms with Gasteiger partial charge in [0.1, 0.15) is 0 Å². The van der Waals surface area contributed by atoms with E-state index in [0.29, 0.717) is 5.17 Å². The van der Waals surface area contributed by atoms with Gasteiger partial charge in [-0.25, -0.2) is 0 Å². The molecular formula is C8H15N3S2. The Balaban J connectivity index is 3.93. The third-order valence-corrected chi connectivity index (χ3v) is 2.67. The molecule has 13 heavy (non-hydrogen) atoms. The van der Waals surface area contributed by atoms with Gasteiger partial charge in [0.15, 0.2) is 11.4 Å². The van der Waals surface area contributed by atoms with Crippen LogP contribution in [-0.2, 0) is 0 Å². The molecule has 5 heteroatoms. The van der Waals surface area contributed by atoms with Crippen LogP contribution in [0.25, 0.3) is 0 Å². The number of nitrogens with one attached hydrogen (secondary N) is 1. The van der Waals surface area contributed by atoms with Crippen molar-refractivity contribution in [1.29, 1.82) is 5.26 Å². The van der Waals surface area contributed by atoms with E-state index in [1.165, 1.54) is 11.8 Å². The van der Waals surface area contributed by atoms with Gasteiger partial charge in [-0.2, -0.15) is 17.0 Å². The van der Waals surface area contributed by atoms with Crippen molar-refractivity contribution in [2.75, 3.05) is 18.3 Å². The third-order valence-electron chi connectivity index (χ3n) is 1.43. The van der Waals surface area contributed by atoms with Crippen LogP contribution in [0.1, 0.15) is 13.3 Å². The molecule has 0 fully saturated rings. The molecule has 0 aromatic carbocycles. The molecule has 1 N–H and O–H groups in total. The minimum Gasteiger partial charge on any atom is -0.272 e. The number of hydrogen-bond donors (Lipinski definition) is 1. The molecular weight excluding hydrogens is 202 g/mol. The zero-order valence-corrected chi connectivity index (χ0v) is 9.84. The molecule has 0 aliphatic carbocycles. The van der Waals surface area contributed by atoms with Crippen molar-refractivity contribution in [2.24, 2.45) is 4.99 Å². The fourth-order valence-corrected chi connectivity index (χ4v) is 1.75. The molecule has 3 nitrogen and oxygen atoms in total. The van der Waals surface area contributed by atoms with Gasteiger partial charge in [-0.3, -0.25) is 10.3 Å². The van der Waals surface area contributed by atoms with Crippen molar-refractivity contribution in [3.05, 3.63) is 0 Å². The Hall–Kier alpha value is -0.340. The van der Waals surface area contributed by atoms with Gasteiger partial charge < -0.3 is 0 Å². The molecule has 0 saturated carbocycles. The summed E-state index contributed by atoms with van der Waals surface area (Å²) in [5, 5.41) is 11.7. The molecule has 0 rings (SSSR count). The van der Waals surface area contributed by atoms with Crippen LogP contribution < -0.4 is 5.32 Å². The van der Waals surface area contributed by atoms with Crippen LogP contribution in [0.15, 0.2) is 4.99 Å². The van der Waals surface area contributed by atoms with Gasteiger partial charge in [0.05, 0.1) is 6.04 Å². The van der Waals surface area contributed by atoms with Crippen molar-refractivity contribution in [1.82, 2.24) is 5.32 Å². The Kier molecular flexibility index (Phi) is 8.05. The lowest BCUT2D eigenvalue weighted by molar-refractivity contribution is 0.723. The number of nitriles is 1. The summed E-state index contributed by atoms with van der Waals surface area (Å²) in [5.74, 6) is 1.11. The maximum atomic E-state index is 8.40. The van der Waals surface area contributed by atoms with Crippen LogP contribution in [-0.4, -0.2) is 29.5 Å². The standard InChI is InChI=1S/C8H15N3S2/c1-7(4-5-12-2)11-8(13-3)10-6-9/h7H,4-5H2,1-3H3,(H,10,11). The van der Waals surface area contributed by atoms with Crippen molar-refractivity contribution in [3.8, 4) is 6.19 Å². The Morgan fingerprint density at radius 3 is 2.77 bits per heavy atom. The quantitative estimate of drug-likeness (QED) is 0.338. The first-order valence-corrected chi connectivity index (χ1v) is 6.62. The number of rotatable bonds is 4. The van der Waals surface area contributed by atoms with Gasteiger partial charge in [0, 0.05) is 0 Å². The summed E-state index contributed by atoms with van der Waals surface area (Å²) in [5.41, 5.74) is 0. The normalized spacial score (nSPS) is 13.5. The zero-order valence-electron chi connectivity index (χ0n) is 8.20. The second-order valence-corrected chi connectivity index (χ2v) is 4.29. The van der Waals surface area contributed by atoms with Crippen molar-refractivity contribution in [2.45, 2.75) is 19.4 Å². The average molecular weight is 217 g/mol. The van der Waals surface area contributed by atoms with E-state index in [-0.39, 0.29) is 6.04 Å². The van der Waals surface area contributed by atoms with E-state index in [4.69, 9.17) is 5.26 Å². The monoisotopic (exact) mass is 217 g/mol. The highest BCUT2D eigenvalue weighted by molar-refractivity contribution is 8.13. The number of hydrogen-bond acceptors (Lipinski definition) is 4. The second kappa shape index (κ2) is 8.27. The summed E-state index contributed by atoms with van der Waals surface area (Å²) >= 11 is 3.28. The molecule has 74 valence electrons. The van der Waals surface area contributed by atoms with Gasteiger partial charge in [-0.1, -0.05) is 11.8 Å². The summed E-state index contributed by atoms with van der Waals surface area (Å²) in [7, 11) is 0. The number of amidine groups is 1. The summed E-state index contributed by atoms with van der Waals surface area (Å²) in [6.07, 6.45) is 6.92. The first kappa shape index (κ1) is 12.7. The van der Waals surface area contributed by atoms with Crippen molar-refractivity contribution >= 4 is 28.7 Å². The van der Waals surface area contributed by atoms with E-state index in [0.717, 1.165) is 12.2 Å². The van der Waals surface area contributed by atoms with Gasteiger partial charge >= 0.3 is 0 Å². The minimum absolute atomic E-state index is 0.288. The number of thioether (sulfide) groups is 2. The van der Waals surface area contributed by atoms with Crippen molar-refractivity contribution < 1.29 is 0 Å². The highest BCUT2D eigenvalue weighted by Gasteiger charge is 2.01. The topological polar surface area (TPSA) is 48.2 Å². The SMILES string of the molecule is CSCCC(C)N=C(NC#N)SC. The van der Waals surface area contributed by atoms with Gasteiger partial charge in [-0.15, -0.1) is 0 Å². The molecule has 0 spiro atoms. The molecule has 0 aromatic rings. The van der Waals surface area contributed by atoms with E-state index < -0.39 is 0 Å². The highest BCUT2D eigenvalue weighted by Crippen LogP contribution is 2.05. The van der Waals surface area contributed by atoms with Crippen LogP contribution in [0, 0.1) is 11.5 Å².